The summed E-state index contributed by atoms with van der Waals surface area (Å²) in [4.78, 5) is 24.5. The van der Waals surface area contributed by atoms with Crippen molar-refractivity contribution in [3.05, 3.63) is 96.1 Å². The fourth-order valence-electron chi connectivity index (χ4n) is 4.40. The Balaban J connectivity index is 1.52. The summed E-state index contributed by atoms with van der Waals surface area (Å²) >= 11 is 0. The molecule has 1 aromatic heterocycles. The Morgan fingerprint density at radius 1 is 0.970 bits per heavy atom. The summed E-state index contributed by atoms with van der Waals surface area (Å²) in [5.74, 6) is -0.785. The fourth-order valence-corrected chi connectivity index (χ4v) is 4.40. The lowest BCUT2D eigenvalue weighted by Crippen LogP contribution is -2.39. The van der Waals surface area contributed by atoms with Gasteiger partial charge in [0, 0.05) is 24.5 Å². The Morgan fingerprint density at radius 3 is 2.18 bits per heavy atom. The molecule has 1 aliphatic rings. The van der Waals surface area contributed by atoms with E-state index in [0.29, 0.717) is 11.1 Å². The molecule has 6 heteroatoms. The minimum absolute atomic E-state index is 0.0969. The number of aliphatic hydroxyl groups is 1. The monoisotopic (exact) mass is 445 g/mol. The summed E-state index contributed by atoms with van der Waals surface area (Å²) in [6.45, 7) is 3.26. The van der Waals surface area contributed by atoms with E-state index in [4.69, 9.17) is 4.74 Å². The van der Waals surface area contributed by atoms with E-state index < -0.39 is 11.6 Å². The largest absolute Gasteiger partial charge is 0.462 e. The summed E-state index contributed by atoms with van der Waals surface area (Å²) in [6.07, 6.45) is 9.59. The molecule has 1 N–H and O–H groups in total. The van der Waals surface area contributed by atoms with Crippen LogP contribution in [0, 0.1) is 0 Å². The van der Waals surface area contributed by atoms with E-state index >= 15 is 0 Å². The molecule has 1 atom stereocenters. The van der Waals surface area contributed by atoms with Crippen LogP contribution in [0.1, 0.15) is 48.4 Å². The lowest BCUT2D eigenvalue weighted by atomic mass is 9.86. The molecule has 2 heterocycles. The molecule has 1 fully saturated rings. The first-order chi connectivity index (χ1) is 16.2. The maximum Gasteiger partial charge on any atom is 0.347 e. The highest BCUT2D eigenvalue weighted by Crippen LogP contribution is 2.32. The van der Waals surface area contributed by atoms with Gasteiger partial charge in [0.2, 0.25) is 5.60 Å². The van der Waals surface area contributed by atoms with Gasteiger partial charge in [0.15, 0.2) is 0 Å². The quantitative estimate of drug-likeness (QED) is 0.503. The molecule has 33 heavy (non-hydrogen) atoms. The number of hydrogen-bond acceptors (Lipinski definition) is 6. The Morgan fingerprint density at radius 2 is 1.61 bits per heavy atom. The minimum Gasteiger partial charge on any atom is -0.462 e. The Labute approximate surface area is 195 Å². The van der Waals surface area contributed by atoms with Crippen LogP contribution in [-0.4, -0.2) is 52.2 Å². The molecule has 172 valence electrons. The molecule has 2 aromatic carbocycles. The number of carbonyl (C=O) groups excluding carboxylic acids is 1. The van der Waals surface area contributed by atoms with Gasteiger partial charge >= 0.3 is 5.97 Å². The third kappa shape index (κ3) is 5.64. The summed E-state index contributed by atoms with van der Waals surface area (Å²) in [6, 6.07) is 17.9. The number of carbonyl (C=O) groups is 1. The fraction of sp³-hybridized carbons (Fsp3) is 0.370. The molecule has 4 rings (SSSR count). The van der Waals surface area contributed by atoms with Gasteiger partial charge in [-0.3, -0.25) is 9.97 Å². The maximum absolute atomic E-state index is 13.4. The first-order valence-corrected chi connectivity index (χ1v) is 11.7. The highest BCUT2D eigenvalue weighted by atomic mass is 16.5. The van der Waals surface area contributed by atoms with E-state index in [1.54, 1.807) is 67.1 Å². The molecule has 0 unspecified atom stereocenters. The van der Waals surface area contributed by atoms with Crippen molar-refractivity contribution in [2.75, 3.05) is 26.2 Å². The van der Waals surface area contributed by atoms with Crippen LogP contribution in [0.25, 0.3) is 0 Å². The number of hydrogen-bond donors (Lipinski definition) is 1. The number of rotatable bonds is 9. The lowest BCUT2D eigenvalue weighted by molar-refractivity contribution is -0.162. The summed E-state index contributed by atoms with van der Waals surface area (Å²) in [5, 5.41) is 11.6. The second-order valence-electron chi connectivity index (χ2n) is 8.56. The number of nitrogens with zero attached hydrogens (tertiary/aromatic N) is 3. The molecule has 0 bridgehead atoms. The lowest BCUT2D eigenvalue weighted by Gasteiger charge is -2.29. The standard InChI is InChI=1S/C27H31N3O3/c31-26(27(32,23-10-4-1-5-11-23)24-12-6-2-7-13-24)33-21-22(25-20-28-15-16-29-25)14-19-30-17-8-3-9-18-30/h1-2,4-7,10-13,15-16,20,22,32H,3,8-9,14,17-19,21H2/t22-/m0/s1. The van der Waals surface area contributed by atoms with Crippen LogP contribution >= 0.6 is 0 Å². The summed E-state index contributed by atoms with van der Waals surface area (Å²) < 4.78 is 5.80. The maximum atomic E-state index is 13.4. The molecular formula is C27H31N3O3. The van der Waals surface area contributed by atoms with Crippen molar-refractivity contribution < 1.29 is 14.6 Å². The Kier molecular flexibility index (Phi) is 7.81. The van der Waals surface area contributed by atoms with Crippen molar-refractivity contribution in [3.8, 4) is 0 Å². The van der Waals surface area contributed by atoms with Crippen LogP contribution in [0.4, 0.5) is 0 Å². The van der Waals surface area contributed by atoms with Gasteiger partial charge in [-0.25, -0.2) is 4.79 Å². The zero-order valence-electron chi connectivity index (χ0n) is 18.8. The third-order valence-corrected chi connectivity index (χ3v) is 6.34. The average molecular weight is 446 g/mol. The number of ether oxygens (including phenoxy) is 1. The van der Waals surface area contributed by atoms with Crippen LogP contribution in [0.2, 0.25) is 0 Å². The summed E-state index contributed by atoms with van der Waals surface area (Å²) in [5.41, 5.74) is -0.135. The van der Waals surface area contributed by atoms with Crippen LogP contribution in [0.15, 0.2) is 79.3 Å². The number of esters is 1. The number of benzene rings is 2. The highest BCUT2D eigenvalue weighted by Gasteiger charge is 2.42. The smallest absolute Gasteiger partial charge is 0.347 e. The molecule has 0 amide bonds. The van der Waals surface area contributed by atoms with Crippen molar-refractivity contribution in [1.82, 2.24) is 14.9 Å². The third-order valence-electron chi connectivity index (χ3n) is 6.34. The van der Waals surface area contributed by atoms with E-state index in [1.165, 1.54) is 19.3 Å². The molecule has 6 nitrogen and oxygen atoms in total. The second-order valence-corrected chi connectivity index (χ2v) is 8.56. The van der Waals surface area contributed by atoms with Crippen molar-refractivity contribution in [1.29, 1.82) is 0 Å². The van der Waals surface area contributed by atoms with Gasteiger partial charge in [0.1, 0.15) is 0 Å². The Bertz CT molecular complexity index is 953. The predicted octanol–water partition coefficient (Wildman–Crippen LogP) is 3.92. The molecular weight excluding hydrogens is 414 g/mol. The van der Waals surface area contributed by atoms with Crippen LogP contribution in [0.3, 0.4) is 0 Å². The molecule has 0 saturated carbocycles. The molecule has 0 radical (unpaired) electrons. The van der Waals surface area contributed by atoms with Crippen molar-refractivity contribution in [2.45, 2.75) is 37.2 Å². The zero-order valence-corrected chi connectivity index (χ0v) is 18.8. The van der Waals surface area contributed by atoms with Crippen LogP contribution < -0.4 is 0 Å². The average Bonchev–Trinajstić information content (AvgIpc) is 2.90. The normalized spacial score (nSPS) is 15.7. The van der Waals surface area contributed by atoms with Gasteiger partial charge in [-0.15, -0.1) is 0 Å². The number of likely N-dealkylation sites (tertiary alicyclic amines) is 1. The Hall–Kier alpha value is -3.09. The second kappa shape index (κ2) is 11.2. The van der Waals surface area contributed by atoms with Crippen molar-refractivity contribution >= 4 is 5.97 Å². The van der Waals surface area contributed by atoms with Gasteiger partial charge in [0.05, 0.1) is 12.3 Å². The van der Waals surface area contributed by atoms with E-state index in [2.05, 4.69) is 14.9 Å². The van der Waals surface area contributed by atoms with Crippen molar-refractivity contribution in [3.63, 3.8) is 0 Å². The molecule has 1 saturated heterocycles. The van der Waals surface area contributed by atoms with Crippen LogP contribution in [-0.2, 0) is 15.1 Å². The number of aromatic nitrogens is 2. The van der Waals surface area contributed by atoms with Gasteiger partial charge in [-0.1, -0.05) is 67.1 Å². The van der Waals surface area contributed by atoms with E-state index in [1.807, 2.05) is 12.1 Å². The zero-order chi connectivity index (χ0) is 22.9. The van der Waals surface area contributed by atoms with E-state index in [0.717, 1.165) is 31.7 Å². The first-order valence-electron chi connectivity index (χ1n) is 11.7. The van der Waals surface area contributed by atoms with Crippen molar-refractivity contribution in [2.24, 2.45) is 0 Å². The molecule has 0 spiro atoms. The first kappa shape index (κ1) is 23.1. The van der Waals surface area contributed by atoms with Gasteiger partial charge in [-0.2, -0.15) is 0 Å². The van der Waals surface area contributed by atoms with E-state index in [-0.39, 0.29) is 12.5 Å². The molecule has 1 aliphatic heterocycles. The summed E-state index contributed by atoms with van der Waals surface area (Å²) in [7, 11) is 0. The van der Waals surface area contributed by atoms with E-state index in [9.17, 15) is 9.90 Å². The van der Waals surface area contributed by atoms with Crippen LogP contribution in [0.5, 0.6) is 0 Å². The molecule has 0 aliphatic carbocycles. The van der Waals surface area contributed by atoms with Gasteiger partial charge in [-0.05, 0) is 50.0 Å². The molecule has 3 aromatic rings. The predicted molar refractivity (Wildman–Crippen MR) is 127 cm³/mol. The SMILES string of the molecule is O=C(OC[C@H](CCN1CCCCC1)c1cnccn1)C(O)(c1ccccc1)c1ccccc1. The minimum atomic E-state index is -1.89. The van der Waals surface area contributed by atoms with Gasteiger partial charge < -0.3 is 14.7 Å². The highest BCUT2D eigenvalue weighted by molar-refractivity contribution is 5.85. The number of piperidine rings is 1. The topological polar surface area (TPSA) is 75.5 Å². The van der Waals surface area contributed by atoms with Gasteiger partial charge in [0.25, 0.3) is 0 Å².